The molecule has 0 aliphatic heterocycles. The van der Waals surface area contributed by atoms with E-state index in [0.717, 1.165) is 22.7 Å². The zero-order valence-corrected chi connectivity index (χ0v) is 8.84. The molecule has 0 saturated heterocycles. The summed E-state index contributed by atoms with van der Waals surface area (Å²) in [5.74, 6) is 0. The highest BCUT2D eigenvalue weighted by Crippen LogP contribution is 2.20. The summed E-state index contributed by atoms with van der Waals surface area (Å²) < 4.78 is 1.81. The van der Waals surface area contributed by atoms with E-state index in [-0.39, 0.29) is 0 Å². The van der Waals surface area contributed by atoms with Crippen molar-refractivity contribution >= 4 is 22.7 Å². The van der Waals surface area contributed by atoms with Gasteiger partial charge in [0.15, 0.2) is 6.29 Å². The molecule has 2 aromatic heterocycles. The molecule has 3 rings (SSSR count). The number of fused-ring (bicyclic) bond motifs is 3. The Bertz CT molecular complexity index is 698. The number of carbonyl (C=O) groups excluding carboxylic acids is 1. The molecule has 3 nitrogen and oxygen atoms in total. The van der Waals surface area contributed by atoms with E-state index in [1.165, 1.54) is 5.56 Å². The summed E-state index contributed by atoms with van der Waals surface area (Å²) in [6.45, 7) is 2.05. The second kappa shape index (κ2) is 3.17. The van der Waals surface area contributed by atoms with Gasteiger partial charge in [-0.2, -0.15) is 0 Å². The average molecular weight is 210 g/mol. The topological polar surface area (TPSA) is 34.4 Å². The SMILES string of the molecule is Cc1ccc2ccn3c(C=O)cnc3c2c1. The summed E-state index contributed by atoms with van der Waals surface area (Å²) in [4.78, 5) is 15.1. The van der Waals surface area contributed by atoms with Gasteiger partial charge in [-0.3, -0.25) is 9.20 Å². The van der Waals surface area contributed by atoms with Gasteiger partial charge >= 0.3 is 0 Å². The molecule has 3 aromatic rings. The van der Waals surface area contributed by atoms with Crippen LogP contribution >= 0.6 is 0 Å². The molecule has 78 valence electrons. The third-order valence-electron chi connectivity index (χ3n) is 2.80. The lowest BCUT2D eigenvalue weighted by atomic mass is 10.1. The van der Waals surface area contributed by atoms with Gasteiger partial charge in [-0.15, -0.1) is 0 Å². The Balaban J connectivity index is 2.53. The molecular weight excluding hydrogens is 200 g/mol. The fourth-order valence-corrected chi connectivity index (χ4v) is 1.98. The molecule has 0 amide bonds. The first-order chi connectivity index (χ1) is 7.79. The van der Waals surface area contributed by atoms with Crippen LogP contribution in [0.2, 0.25) is 0 Å². The summed E-state index contributed by atoms with van der Waals surface area (Å²) in [5.41, 5.74) is 2.61. The standard InChI is InChI=1S/C13H10N2O/c1-9-2-3-10-4-5-15-11(8-16)7-14-13(15)12(10)6-9/h2-8H,1H3. The Kier molecular flexibility index (Phi) is 1.80. The first kappa shape index (κ1) is 9.09. The summed E-state index contributed by atoms with van der Waals surface area (Å²) in [6.07, 6.45) is 4.30. The van der Waals surface area contributed by atoms with Crippen molar-refractivity contribution in [3.05, 3.63) is 47.9 Å². The van der Waals surface area contributed by atoms with Gasteiger partial charge in [-0.1, -0.05) is 17.7 Å². The molecule has 0 aliphatic rings. The normalized spacial score (nSPS) is 11.1. The first-order valence-electron chi connectivity index (χ1n) is 5.11. The Labute approximate surface area is 92.3 Å². The van der Waals surface area contributed by atoms with E-state index in [4.69, 9.17) is 0 Å². The maximum absolute atomic E-state index is 10.8. The van der Waals surface area contributed by atoms with Crippen LogP contribution in [0.25, 0.3) is 16.4 Å². The molecule has 0 atom stereocenters. The summed E-state index contributed by atoms with van der Waals surface area (Å²) in [6, 6.07) is 8.23. The van der Waals surface area contributed by atoms with Gasteiger partial charge < -0.3 is 0 Å². The van der Waals surface area contributed by atoms with Gasteiger partial charge in [0.25, 0.3) is 0 Å². The summed E-state index contributed by atoms with van der Waals surface area (Å²) in [7, 11) is 0. The fraction of sp³-hybridized carbons (Fsp3) is 0.0769. The van der Waals surface area contributed by atoms with Crippen LogP contribution in [0.15, 0.2) is 36.7 Å². The van der Waals surface area contributed by atoms with Crippen LogP contribution in [0, 0.1) is 6.92 Å². The Morgan fingerprint density at radius 3 is 3.00 bits per heavy atom. The van der Waals surface area contributed by atoms with Gasteiger partial charge in [0.05, 0.1) is 6.20 Å². The monoisotopic (exact) mass is 210 g/mol. The lowest BCUT2D eigenvalue weighted by Crippen LogP contribution is -1.91. The van der Waals surface area contributed by atoms with Crippen LogP contribution in [0.3, 0.4) is 0 Å². The average Bonchev–Trinajstić information content (AvgIpc) is 2.72. The van der Waals surface area contributed by atoms with Crippen LogP contribution in [-0.2, 0) is 0 Å². The minimum atomic E-state index is 0.582. The van der Waals surface area contributed by atoms with Gasteiger partial charge in [-0.05, 0) is 24.4 Å². The van der Waals surface area contributed by atoms with E-state index in [1.807, 2.05) is 23.6 Å². The van der Waals surface area contributed by atoms with Crippen LogP contribution in [0.4, 0.5) is 0 Å². The van der Waals surface area contributed by atoms with E-state index in [9.17, 15) is 4.79 Å². The van der Waals surface area contributed by atoms with Gasteiger partial charge in [0.2, 0.25) is 0 Å². The molecule has 0 saturated carbocycles. The van der Waals surface area contributed by atoms with Crippen LogP contribution < -0.4 is 0 Å². The van der Waals surface area contributed by atoms with Crippen molar-refractivity contribution in [1.29, 1.82) is 0 Å². The summed E-state index contributed by atoms with van der Waals surface area (Å²) >= 11 is 0. The number of hydrogen-bond acceptors (Lipinski definition) is 2. The molecule has 2 heterocycles. The first-order valence-corrected chi connectivity index (χ1v) is 5.11. The molecule has 0 N–H and O–H groups in total. The minimum Gasteiger partial charge on any atom is -0.297 e. The molecule has 0 unspecified atom stereocenters. The van der Waals surface area contributed by atoms with Gasteiger partial charge in [-0.25, -0.2) is 4.98 Å². The van der Waals surface area contributed by atoms with Crippen molar-refractivity contribution in [2.24, 2.45) is 0 Å². The lowest BCUT2D eigenvalue weighted by molar-refractivity contribution is 0.111. The second-order valence-corrected chi connectivity index (χ2v) is 3.90. The highest BCUT2D eigenvalue weighted by atomic mass is 16.1. The molecule has 0 bridgehead atoms. The highest BCUT2D eigenvalue weighted by molar-refractivity contribution is 5.95. The fourth-order valence-electron chi connectivity index (χ4n) is 1.98. The zero-order valence-electron chi connectivity index (χ0n) is 8.84. The van der Waals surface area contributed by atoms with Crippen LogP contribution in [0.5, 0.6) is 0 Å². The van der Waals surface area contributed by atoms with E-state index in [2.05, 4.69) is 23.2 Å². The quantitative estimate of drug-likeness (QED) is 0.578. The van der Waals surface area contributed by atoms with Crippen molar-refractivity contribution < 1.29 is 4.79 Å². The van der Waals surface area contributed by atoms with E-state index < -0.39 is 0 Å². The zero-order chi connectivity index (χ0) is 11.1. The van der Waals surface area contributed by atoms with Crippen LogP contribution in [0.1, 0.15) is 16.1 Å². The predicted octanol–water partition coefficient (Wildman–Crippen LogP) is 2.61. The molecule has 0 spiro atoms. The predicted molar refractivity (Wildman–Crippen MR) is 62.8 cm³/mol. The number of aldehydes is 1. The van der Waals surface area contributed by atoms with Gasteiger partial charge in [0, 0.05) is 11.6 Å². The number of aromatic nitrogens is 2. The Hall–Kier alpha value is -2.16. The molecule has 3 heteroatoms. The van der Waals surface area contributed by atoms with Crippen molar-refractivity contribution in [3.8, 4) is 0 Å². The number of benzene rings is 1. The van der Waals surface area contributed by atoms with Gasteiger partial charge in [0.1, 0.15) is 11.3 Å². The van der Waals surface area contributed by atoms with Crippen molar-refractivity contribution in [2.45, 2.75) is 6.92 Å². The largest absolute Gasteiger partial charge is 0.297 e. The minimum absolute atomic E-state index is 0.582. The van der Waals surface area contributed by atoms with Crippen LogP contribution in [-0.4, -0.2) is 15.7 Å². The number of aryl methyl sites for hydroxylation is 1. The summed E-state index contributed by atoms with van der Waals surface area (Å²) in [5, 5.41) is 2.22. The lowest BCUT2D eigenvalue weighted by Gasteiger charge is -2.02. The smallest absolute Gasteiger partial charge is 0.168 e. The van der Waals surface area contributed by atoms with Crippen molar-refractivity contribution in [2.75, 3.05) is 0 Å². The highest BCUT2D eigenvalue weighted by Gasteiger charge is 2.05. The maximum atomic E-state index is 10.8. The number of hydrogen-bond donors (Lipinski definition) is 0. The second-order valence-electron chi connectivity index (χ2n) is 3.90. The molecule has 1 aromatic carbocycles. The number of rotatable bonds is 1. The maximum Gasteiger partial charge on any atom is 0.168 e. The van der Waals surface area contributed by atoms with E-state index in [1.54, 1.807) is 6.20 Å². The Morgan fingerprint density at radius 1 is 1.31 bits per heavy atom. The molecule has 0 aliphatic carbocycles. The number of carbonyl (C=O) groups is 1. The molecule has 0 fully saturated rings. The number of imidazole rings is 1. The van der Waals surface area contributed by atoms with Crippen molar-refractivity contribution in [1.82, 2.24) is 9.38 Å². The van der Waals surface area contributed by atoms with E-state index in [0.29, 0.717) is 5.69 Å². The molecular formula is C13H10N2O. The number of pyridine rings is 1. The van der Waals surface area contributed by atoms with E-state index >= 15 is 0 Å². The third kappa shape index (κ3) is 1.15. The Morgan fingerprint density at radius 2 is 2.19 bits per heavy atom. The third-order valence-corrected chi connectivity index (χ3v) is 2.80. The molecule has 0 radical (unpaired) electrons. The number of nitrogens with zero attached hydrogens (tertiary/aromatic N) is 2. The molecule has 16 heavy (non-hydrogen) atoms. The van der Waals surface area contributed by atoms with Crippen molar-refractivity contribution in [3.63, 3.8) is 0 Å².